The number of aliphatic hydroxyl groups is 1. The lowest BCUT2D eigenvalue weighted by Crippen LogP contribution is -2.39. The lowest BCUT2D eigenvalue weighted by Gasteiger charge is -2.20. The Hall–Kier alpha value is -0.0900. The van der Waals surface area contributed by atoms with E-state index in [-0.39, 0.29) is 12.1 Å². The molecule has 2 unspecified atom stereocenters. The van der Waals surface area contributed by atoms with Gasteiger partial charge < -0.3 is 10.4 Å². The molecule has 0 aliphatic carbocycles. The summed E-state index contributed by atoms with van der Waals surface area (Å²) in [6, 6.07) is 4.03. The molecule has 14 heavy (non-hydrogen) atoms. The van der Waals surface area contributed by atoms with Crippen molar-refractivity contribution in [2.24, 2.45) is 0 Å². The van der Waals surface area contributed by atoms with Crippen LogP contribution in [0.4, 0.5) is 0 Å². The highest BCUT2D eigenvalue weighted by Crippen LogP contribution is 2.36. The van der Waals surface area contributed by atoms with Gasteiger partial charge in [0.2, 0.25) is 0 Å². The molecule has 0 radical (unpaired) electrons. The van der Waals surface area contributed by atoms with Crippen LogP contribution in [-0.2, 0) is 0 Å². The van der Waals surface area contributed by atoms with Crippen LogP contribution in [0.3, 0.4) is 0 Å². The predicted molar refractivity (Wildman–Crippen MR) is 60.2 cm³/mol. The van der Waals surface area contributed by atoms with Crippen molar-refractivity contribution in [3.8, 4) is 0 Å². The maximum atomic E-state index is 9.21. The van der Waals surface area contributed by atoms with E-state index in [4.69, 9.17) is 11.6 Å². The first-order valence-corrected chi connectivity index (χ1v) is 5.93. The van der Waals surface area contributed by atoms with Gasteiger partial charge in [0.25, 0.3) is 0 Å². The molecule has 0 bridgehead atoms. The van der Waals surface area contributed by atoms with Crippen molar-refractivity contribution in [1.29, 1.82) is 0 Å². The molecule has 4 heteroatoms. The monoisotopic (exact) mass is 231 g/mol. The van der Waals surface area contributed by atoms with E-state index in [0.29, 0.717) is 5.92 Å². The van der Waals surface area contributed by atoms with Crippen LogP contribution in [0, 0.1) is 0 Å². The number of nitrogens with one attached hydrogen (secondary N) is 1. The molecule has 2 heterocycles. The zero-order valence-electron chi connectivity index (χ0n) is 8.09. The van der Waals surface area contributed by atoms with Gasteiger partial charge in [-0.25, -0.2) is 0 Å². The minimum atomic E-state index is -0.110. The fourth-order valence-corrected chi connectivity index (χ4v) is 3.09. The van der Waals surface area contributed by atoms with E-state index >= 15 is 0 Å². The van der Waals surface area contributed by atoms with Crippen molar-refractivity contribution in [2.75, 3.05) is 13.2 Å². The van der Waals surface area contributed by atoms with Crippen LogP contribution in [-0.4, -0.2) is 23.8 Å². The minimum Gasteiger partial charge on any atom is -0.394 e. The number of hydrogen-bond acceptors (Lipinski definition) is 3. The molecule has 1 aromatic heterocycles. The standard InChI is InChI=1S/C10H14ClNOS/c1-10(6-13)4-7(5-12-10)8-2-3-9(11)14-8/h2-3,7,12-13H,4-6H2,1H3. The van der Waals surface area contributed by atoms with Gasteiger partial charge in [0.15, 0.2) is 0 Å². The SMILES string of the molecule is CC1(CO)CC(c2ccc(Cl)s2)CN1. The number of aliphatic hydroxyl groups excluding tert-OH is 1. The van der Waals surface area contributed by atoms with Gasteiger partial charge in [0, 0.05) is 22.9 Å². The van der Waals surface area contributed by atoms with Gasteiger partial charge in [-0.3, -0.25) is 0 Å². The zero-order valence-corrected chi connectivity index (χ0v) is 9.66. The second kappa shape index (κ2) is 3.81. The van der Waals surface area contributed by atoms with Crippen LogP contribution < -0.4 is 5.32 Å². The number of hydrogen-bond donors (Lipinski definition) is 2. The Bertz CT molecular complexity index is 328. The fourth-order valence-electron chi connectivity index (χ4n) is 1.93. The molecule has 1 aliphatic heterocycles. The van der Waals surface area contributed by atoms with Crippen molar-refractivity contribution in [3.63, 3.8) is 0 Å². The number of thiophene rings is 1. The number of rotatable bonds is 2. The third kappa shape index (κ3) is 1.96. The molecule has 2 N–H and O–H groups in total. The van der Waals surface area contributed by atoms with E-state index < -0.39 is 0 Å². The summed E-state index contributed by atoms with van der Waals surface area (Å²) in [6.07, 6.45) is 0.986. The van der Waals surface area contributed by atoms with E-state index in [1.165, 1.54) is 4.88 Å². The van der Waals surface area contributed by atoms with Gasteiger partial charge in [-0.15, -0.1) is 11.3 Å². The van der Waals surface area contributed by atoms with Crippen LogP contribution in [0.1, 0.15) is 24.1 Å². The van der Waals surface area contributed by atoms with E-state index in [1.54, 1.807) is 11.3 Å². The summed E-state index contributed by atoms with van der Waals surface area (Å²) in [5.74, 6) is 0.504. The van der Waals surface area contributed by atoms with Crippen molar-refractivity contribution in [3.05, 3.63) is 21.3 Å². The molecule has 78 valence electrons. The van der Waals surface area contributed by atoms with Gasteiger partial charge in [0.1, 0.15) is 0 Å². The van der Waals surface area contributed by atoms with Crippen LogP contribution >= 0.6 is 22.9 Å². The third-order valence-electron chi connectivity index (χ3n) is 2.82. The Morgan fingerprint density at radius 1 is 1.71 bits per heavy atom. The lowest BCUT2D eigenvalue weighted by molar-refractivity contribution is 0.191. The molecule has 0 aromatic carbocycles. The first-order valence-electron chi connectivity index (χ1n) is 4.74. The Kier molecular flexibility index (Phi) is 2.84. The lowest BCUT2D eigenvalue weighted by atomic mass is 9.95. The Morgan fingerprint density at radius 3 is 3.00 bits per heavy atom. The molecule has 2 rings (SSSR count). The summed E-state index contributed by atoms with van der Waals surface area (Å²) >= 11 is 7.53. The third-order valence-corrected chi connectivity index (χ3v) is 4.21. The molecule has 0 saturated carbocycles. The quantitative estimate of drug-likeness (QED) is 0.818. The average Bonchev–Trinajstić information content (AvgIpc) is 2.73. The second-order valence-electron chi connectivity index (χ2n) is 4.14. The van der Waals surface area contributed by atoms with Crippen molar-refractivity contribution >= 4 is 22.9 Å². The molecule has 0 spiro atoms. The first kappa shape index (κ1) is 10.4. The molecule has 1 fully saturated rings. The van der Waals surface area contributed by atoms with E-state index in [2.05, 4.69) is 18.3 Å². The number of halogens is 1. The average molecular weight is 232 g/mol. The fraction of sp³-hybridized carbons (Fsp3) is 0.600. The normalized spacial score (nSPS) is 32.4. The van der Waals surface area contributed by atoms with Crippen molar-refractivity contribution < 1.29 is 5.11 Å². The minimum absolute atomic E-state index is 0.110. The van der Waals surface area contributed by atoms with Crippen LogP contribution in [0.25, 0.3) is 0 Å². The van der Waals surface area contributed by atoms with Crippen LogP contribution in [0.15, 0.2) is 12.1 Å². The summed E-state index contributed by atoms with van der Waals surface area (Å²) in [5, 5.41) is 12.6. The molecule has 2 atom stereocenters. The summed E-state index contributed by atoms with van der Waals surface area (Å²) in [6.45, 7) is 3.19. The Balaban J connectivity index is 2.09. The maximum Gasteiger partial charge on any atom is 0.0931 e. The summed E-state index contributed by atoms with van der Waals surface area (Å²) in [4.78, 5) is 1.32. The van der Waals surface area contributed by atoms with Gasteiger partial charge >= 0.3 is 0 Å². The highest BCUT2D eigenvalue weighted by Gasteiger charge is 2.35. The Morgan fingerprint density at radius 2 is 2.50 bits per heavy atom. The predicted octanol–water partition coefficient (Wildman–Crippen LogP) is 2.23. The van der Waals surface area contributed by atoms with E-state index in [0.717, 1.165) is 17.3 Å². The molecule has 1 aromatic rings. The topological polar surface area (TPSA) is 32.3 Å². The summed E-state index contributed by atoms with van der Waals surface area (Å²) < 4.78 is 0.845. The van der Waals surface area contributed by atoms with Gasteiger partial charge in [-0.05, 0) is 25.5 Å². The van der Waals surface area contributed by atoms with Gasteiger partial charge in [-0.2, -0.15) is 0 Å². The van der Waals surface area contributed by atoms with Crippen molar-refractivity contribution in [2.45, 2.75) is 24.8 Å². The zero-order chi connectivity index (χ0) is 10.2. The van der Waals surface area contributed by atoms with Crippen LogP contribution in [0.2, 0.25) is 4.34 Å². The molecule has 0 amide bonds. The molecule has 1 aliphatic rings. The summed E-state index contributed by atoms with van der Waals surface area (Å²) in [5.41, 5.74) is -0.110. The van der Waals surface area contributed by atoms with Crippen LogP contribution in [0.5, 0.6) is 0 Å². The molecule has 1 saturated heterocycles. The maximum absolute atomic E-state index is 9.21. The van der Waals surface area contributed by atoms with Gasteiger partial charge in [0.05, 0.1) is 10.9 Å². The highest BCUT2D eigenvalue weighted by molar-refractivity contribution is 7.16. The van der Waals surface area contributed by atoms with E-state index in [9.17, 15) is 5.11 Å². The van der Waals surface area contributed by atoms with Gasteiger partial charge in [-0.1, -0.05) is 11.6 Å². The molecular formula is C10H14ClNOS. The molecular weight excluding hydrogens is 218 g/mol. The first-order chi connectivity index (χ1) is 6.63. The highest BCUT2D eigenvalue weighted by atomic mass is 35.5. The Labute approximate surface area is 92.9 Å². The second-order valence-corrected chi connectivity index (χ2v) is 5.89. The summed E-state index contributed by atoms with van der Waals surface area (Å²) in [7, 11) is 0. The largest absolute Gasteiger partial charge is 0.394 e. The van der Waals surface area contributed by atoms with Crippen molar-refractivity contribution in [1.82, 2.24) is 5.32 Å². The smallest absolute Gasteiger partial charge is 0.0931 e. The van der Waals surface area contributed by atoms with E-state index in [1.807, 2.05) is 6.07 Å². The molecule has 2 nitrogen and oxygen atoms in total.